The zero-order valence-corrected chi connectivity index (χ0v) is 25.6. The van der Waals surface area contributed by atoms with Gasteiger partial charge in [-0.15, -0.1) is 0 Å². The van der Waals surface area contributed by atoms with Crippen LogP contribution < -0.4 is 10.0 Å². The van der Waals surface area contributed by atoms with Gasteiger partial charge in [-0.3, -0.25) is 0 Å². The maximum Gasteiger partial charge on any atom is 0.416 e. The molecule has 0 saturated heterocycles. The number of halogens is 6. The van der Waals surface area contributed by atoms with Crippen LogP contribution in [0.5, 0.6) is 0 Å². The molecule has 2 aromatic carbocycles. The maximum atomic E-state index is 13.9. The van der Waals surface area contributed by atoms with Gasteiger partial charge in [0.2, 0.25) is 0 Å². The van der Waals surface area contributed by atoms with Gasteiger partial charge in [0.1, 0.15) is 0 Å². The molecule has 0 bridgehead atoms. The number of rotatable bonds is 7. The number of hydrogen-bond donors (Lipinski definition) is 1. The molecule has 41 heavy (non-hydrogen) atoms. The molecule has 0 spiro atoms. The third-order valence-electron chi connectivity index (χ3n) is 8.19. The monoisotopic (exact) mass is 619 g/mol. The lowest BCUT2D eigenvalue weighted by Gasteiger charge is -2.40. The Morgan fingerprint density at radius 3 is 1.66 bits per heavy atom. The molecule has 2 fully saturated rings. The molecule has 2 saturated carbocycles. The Bertz CT molecular complexity index is 1150. The van der Waals surface area contributed by atoms with Crippen LogP contribution in [0.3, 0.4) is 0 Å². The lowest BCUT2D eigenvalue weighted by molar-refractivity contribution is -0.143. The van der Waals surface area contributed by atoms with Crippen LogP contribution in [0.15, 0.2) is 42.5 Å². The molecule has 2 nitrogen and oxygen atoms in total. The van der Waals surface area contributed by atoms with Crippen LogP contribution in [0.2, 0.25) is 0 Å². The van der Waals surface area contributed by atoms with Crippen molar-refractivity contribution in [2.24, 2.45) is 0 Å². The lowest BCUT2D eigenvalue weighted by atomic mass is 9.95. The Hall–Kier alpha value is -1.44. The highest BCUT2D eigenvalue weighted by Crippen LogP contribution is 2.56. The van der Waals surface area contributed by atoms with Gasteiger partial charge in [0.25, 0.3) is 0 Å². The highest BCUT2D eigenvalue weighted by atomic mass is 32.2. The van der Waals surface area contributed by atoms with Crippen molar-refractivity contribution in [2.45, 2.75) is 119 Å². The first kappa shape index (κ1) is 32.5. The standard InChI is InChI=1S/C31H40F6NOPS/c1-29(2,3)41(39)38-28(21-18-22(30(32,33)34)20-23(19-21)31(35,36)37)26-16-10-11-17-27(26)40(24-12-6-4-7-13-24)25-14-8-5-9-15-25/h10-11,16-20,24-25,28,38H,4-9,12-15H2,1-3H3. The molecule has 2 aromatic rings. The van der Waals surface area contributed by atoms with Gasteiger partial charge in [-0.1, -0.05) is 70.7 Å². The van der Waals surface area contributed by atoms with Crippen LogP contribution in [0.4, 0.5) is 26.3 Å². The Morgan fingerprint density at radius 2 is 1.22 bits per heavy atom. The summed E-state index contributed by atoms with van der Waals surface area (Å²) in [4.78, 5) is 0. The summed E-state index contributed by atoms with van der Waals surface area (Å²) < 4.78 is 99.0. The average molecular weight is 620 g/mol. The Balaban J connectivity index is 1.92. The van der Waals surface area contributed by atoms with Gasteiger partial charge >= 0.3 is 12.4 Å². The Morgan fingerprint density at radius 1 is 0.756 bits per heavy atom. The number of benzene rings is 2. The van der Waals surface area contributed by atoms with Crippen LogP contribution in [-0.2, 0) is 23.3 Å². The van der Waals surface area contributed by atoms with Gasteiger partial charge < -0.3 is 0 Å². The van der Waals surface area contributed by atoms with Crippen molar-refractivity contribution in [3.8, 4) is 0 Å². The second-order valence-corrected chi connectivity index (χ2v) is 17.1. The molecule has 2 atom stereocenters. The summed E-state index contributed by atoms with van der Waals surface area (Å²) in [5.41, 5.74) is -1.35. The van der Waals surface area contributed by atoms with Gasteiger partial charge in [-0.05, 0) is 92.4 Å². The van der Waals surface area contributed by atoms with E-state index in [9.17, 15) is 30.6 Å². The fourth-order valence-corrected chi connectivity index (χ4v) is 10.9. The topological polar surface area (TPSA) is 29.1 Å². The van der Waals surface area contributed by atoms with Crippen LogP contribution >= 0.6 is 7.92 Å². The molecule has 10 heteroatoms. The van der Waals surface area contributed by atoms with Crippen LogP contribution in [0, 0.1) is 0 Å². The van der Waals surface area contributed by atoms with Crippen molar-refractivity contribution in [3.05, 3.63) is 64.7 Å². The molecule has 0 heterocycles. The summed E-state index contributed by atoms with van der Waals surface area (Å²) in [6, 6.07) is 8.15. The van der Waals surface area contributed by atoms with E-state index in [4.69, 9.17) is 0 Å². The molecule has 0 aromatic heterocycles. The predicted octanol–water partition coefficient (Wildman–Crippen LogP) is 9.64. The van der Waals surface area contributed by atoms with E-state index in [0.29, 0.717) is 16.9 Å². The molecule has 0 radical (unpaired) electrons. The van der Waals surface area contributed by atoms with Gasteiger partial charge in [0, 0.05) is 0 Å². The molecule has 2 unspecified atom stereocenters. The first-order valence-corrected chi connectivity index (χ1v) is 17.1. The van der Waals surface area contributed by atoms with Crippen LogP contribution in [0.1, 0.15) is 113 Å². The normalized spacial score (nSPS) is 19.9. The average Bonchev–Trinajstić information content (AvgIpc) is 2.91. The Kier molecular flexibility index (Phi) is 10.3. The van der Waals surface area contributed by atoms with Crippen LogP contribution in [0.25, 0.3) is 0 Å². The minimum Gasteiger partial charge on any atom is -0.242 e. The molecule has 0 amide bonds. The second kappa shape index (κ2) is 13.1. The molecular formula is C31H40F6NOPS. The maximum absolute atomic E-state index is 13.9. The summed E-state index contributed by atoms with van der Waals surface area (Å²) in [7, 11) is -2.49. The van der Waals surface area contributed by atoms with E-state index in [1.54, 1.807) is 32.9 Å². The van der Waals surface area contributed by atoms with Crippen molar-refractivity contribution in [3.63, 3.8) is 0 Å². The fourth-order valence-electron chi connectivity index (χ4n) is 6.12. The van der Waals surface area contributed by atoms with E-state index in [2.05, 4.69) is 4.72 Å². The summed E-state index contributed by atoms with van der Waals surface area (Å²) in [6.07, 6.45) is 1.32. The highest BCUT2D eigenvalue weighted by molar-refractivity contribution is 7.84. The summed E-state index contributed by atoms with van der Waals surface area (Å²) >= 11 is 0. The van der Waals surface area contributed by atoms with E-state index in [0.717, 1.165) is 68.8 Å². The molecule has 2 aliphatic rings. The second-order valence-electron chi connectivity index (χ2n) is 12.3. The smallest absolute Gasteiger partial charge is 0.242 e. The van der Waals surface area contributed by atoms with Crippen LogP contribution in [-0.4, -0.2) is 20.3 Å². The molecule has 2 aliphatic carbocycles. The predicted molar refractivity (Wildman–Crippen MR) is 156 cm³/mol. The van der Waals surface area contributed by atoms with Crippen molar-refractivity contribution in [2.75, 3.05) is 0 Å². The first-order valence-electron chi connectivity index (χ1n) is 14.5. The van der Waals surface area contributed by atoms with Gasteiger partial charge in [-0.2, -0.15) is 26.3 Å². The molecule has 228 valence electrons. The van der Waals surface area contributed by atoms with E-state index in [-0.39, 0.29) is 11.6 Å². The molecule has 4 rings (SSSR count). The third-order valence-corrected chi connectivity index (χ3v) is 13.3. The van der Waals surface area contributed by atoms with Crippen molar-refractivity contribution in [1.29, 1.82) is 0 Å². The minimum atomic E-state index is -4.97. The van der Waals surface area contributed by atoms with E-state index in [1.165, 1.54) is 12.8 Å². The molecule has 1 N–H and O–H groups in total. The number of hydrogen-bond acceptors (Lipinski definition) is 1. The zero-order chi connectivity index (χ0) is 30.0. The summed E-state index contributed by atoms with van der Waals surface area (Å²) in [5, 5.41) is 1.02. The Labute approximate surface area is 243 Å². The fraction of sp³-hybridized carbons (Fsp3) is 0.613. The van der Waals surface area contributed by atoms with Crippen molar-refractivity contribution >= 4 is 24.2 Å². The molecule has 0 aliphatic heterocycles. The van der Waals surface area contributed by atoms with Gasteiger partial charge in [-0.25, -0.2) is 8.93 Å². The quantitative estimate of drug-likeness (QED) is 0.243. The number of alkyl halides is 6. The van der Waals surface area contributed by atoms with E-state index in [1.807, 2.05) is 12.1 Å². The number of nitrogens with one attached hydrogen (secondary N) is 1. The first-order chi connectivity index (χ1) is 19.2. The summed E-state index contributed by atoms with van der Waals surface area (Å²) in [5.74, 6) is 0. The SMILES string of the molecule is CC(C)(C)S(=O)NC(c1cc(C(F)(F)F)cc(C(F)(F)F)c1)c1ccccc1P(C1CCCCC1)C1CCCCC1. The third kappa shape index (κ3) is 8.14. The highest BCUT2D eigenvalue weighted by Gasteiger charge is 2.40. The van der Waals surface area contributed by atoms with E-state index >= 15 is 0 Å². The zero-order valence-electron chi connectivity index (χ0n) is 23.9. The minimum absolute atomic E-state index is 0.157. The molecular weight excluding hydrogens is 579 g/mol. The largest absolute Gasteiger partial charge is 0.416 e. The van der Waals surface area contributed by atoms with Gasteiger partial charge in [0.15, 0.2) is 0 Å². The van der Waals surface area contributed by atoms with Crippen molar-refractivity contribution < 1.29 is 30.6 Å². The lowest BCUT2D eigenvalue weighted by Crippen LogP contribution is -2.38. The van der Waals surface area contributed by atoms with Crippen molar-refractivity contribution in [1.82, 2.24) is 4.72 Å². The summed E-state index contributed by atoms with van der Waals surface area (Å²) in [6.45, 7) is 5.18. The van der Waals surface area contributed by atoms with Gasteiger partial charge in [0.05, 0.1) is 32.9 Å². The van der Waals surface area contributed by atoms with E-state index < -0.39 is 53.2 Å².